The highest BCUT2D eigenvalue weighted by molar-refractivity contribution is 5.96. The number of aromatic nitrogens is 2. The van der Waals surface area contributed by atoms with E-state index in [2.05, 4.69) is 6.07 Å². The largest absolute Gasteiger partial charge is 0.416 e. The SMILES string of the molecule is N#Cc1ccc(-c2c(-c3ccc4ccccc4c3)c(-c3ccc(C(F)(F)F)cc3)nn2-c2ccc([N+](=O)[O-])cc2)cc1. The van der Waals surface area contributed by atoms with Gasteiger partial charge in [-0.05, 0) is 58.8 Å². The molecule has 6 rings (SSSR count). The van der Waals surface area contributed by atoms with Crippen LogP contribution in [0.15, 0.2) is 115 Å². The molecule has 1 heterocycles. The van der Waals surface area contributed by atoms with Gasteiger partial charge < -0.3 is 0 Å². The summed E-state index contributed by atoms with van der Waals surface area (Å²) >= 11 is 0. The number of benzene rings is 5. The Hall–Kier alpha value is -5.75. The first-order valence-corrected chi connectivity index (χ1v) is 12.8. The molecule has 0 amide bonds. The summed E-state index contributed by atoms with van der Waals surface area (Å²) in [6.07, 6.45) is -4.49. The molecule has 0 aliphatic carbocycles. The topological polar surface area (TPSA) is 84.8 Å². The molecule has 6 aromatic rings. The number of hydrogen-bond acceptors (Lipinski definition) is 4. The van der Waals surface area contributed by atoms with E-state index in [1.54, 1.807) is 41.1 Å². The van der Waals surface area contributed by atoms with Crippen molar-refractivity contribution in [3.05, 3.63) is 137 Å². The van der Waals surface area contributed by atoms with Crippen LogP contribution < -0.4 is 0 Å². The molecule has 0 atom stereocenters. The van der Waals surface area contributed by atoms with Crippen LogP contribution in [-0.4, -0.2) is 14.7 Å². The summed E-state index contributed by atoms with van der Waals surface area (Å²) in [4.78, 5) is 10.8. The lowest BCUT2D eigenvalue weighted by Crippen LogP contribution is -2.04. The van der Waals surface area contributed by atoms with Crippen molar-refractivity contribution in [1.82, 2.24) is 9.78 Å². The second kappa shape index (κ2) is 10.3. The van der Waals surface area contributed by atoms with E-state index in [1.165, 1.54) is 24.3 Å². The summed E-state index contributed by atoms with van der Waals surface area (Å²) in [5, 5.41) is 27.5. The summed E-state index contributed by atoms with van der Waals surface area (Å²) in [5.74, 6) is 0. The van der Waals surface area contributed by atoms with Crippen molar-refractivity contribution in [1.29, 1.82) is 5.26 Å². The number of nitro groups is 1. The standard InChI is InChI=1S/C33H19F3N4O2/c34-33(35,36)27-13-11-23(12-14-27)31-30(26-10-9-22-3-1-2-4-25(22)19-26)32(24-7-5-21(20-37)6-8-24)39(38-31)28-15-17-29(18-16-28)40(41)42/h1-19H. The molecule has 1 aromatic heterocycles. The maximum absolute atomic E-state index is 13.4. The van der Waals surface area contributed by atoms with Crippen LogP contribution in [0, 0.1) is 21.4 Å². The molecule has 0 unspecified atom stereocenters. The molecule has 0 aliphatic heterocycles. The zero-order chi connectivity index (χ0) is 29.4. The van der Waals surface area contributed by atoms with Gasteiger partial charge in [-0.25, -0.2) is 4.68 Å². The third-order valence-corrected chi connectivity index (χ3v) is 7.00. The van der Waals surface area contributed by atoms with E-state index in [4.69, 9.17) is 5.10 Å². The molecule has 0 saturated heterocycles. The van der Waals surface area contributed by atoms with Crippen LogP contribution in [0.1, 0.15) is 11.1 Å². The van der Waals surface area contributed by atoms with Gasteiger partial charge in [-0.3, -0.25) is 10.1 Å². The van der Waals surface area contributed by atoms with Crippen LogP contribution in [-0.2, 0) is 6.18 Å². The molecular weight excluding hydrogens is 541 g/mol. The Kier molecular flexibility index (Phi) is 6.51. The van der Waals surface area contributed by atoms with Crippen molar-refractivity contribution in [3.63, 3.8) is 0 Å². The van der Waals surface area contributed by atoms with Gasteiger partial charge in [0, 0.05) is 28.8 Å². The fourth-order valence-electron chi connectivity index (χ4n) is 4.93. The summed E-state index contributed by atoms with van der Waals surface area (Å²) in [7, 11) is 0. The minimum Gasteiger partial charge on any atom is -0.258 e. The van der Waals surface area contributed by atoms with Gasteiger partial charge in [-0.15, -0.1) is 0 Å². The fourth-order valence-corrected chi connectivity index (χ4v) is 4.93. The van der Waals surface area contributed by atoms with Crippen LogP contribution in [0.2, 0.25) is 0 Å². The average Bonchev–Trinajstić information content (AvgIpc) is 3.41. The number of halogens is 3. The highest BCUT2D eigenvalue weighted by Crippen LogP contribution is 2.43. The van der Waals surface area contributed by atoms with Gasteiger partial charge in [0.25, 0.3) is 5.69 Å². The van der Waals surface area contributed by atoms with E-state index in [1.807, 2.05) is 42.5 Å². The zero-order valence-corrected chi connectivity index (χ0v) is 21.7. The van der Waals surface area contributed by atoms with E-state index in [9.17, 15) is 28.5 Å². The number of nitro benzene ring substituents is 1. The van der Waals surface area contributed by atoms with Crippen molar-refractivity contribution >= 4 is 16.5 Å². The van der Waals surface area contributed by atoms with E-state index >= 15 is 0 Å². The Morgan fingerprint density at radius 3 is 2.00 bits per heavy atom. The summed E-state index contributed by atoms with van der Waals surface area (Å²) in [6.45, 7) is 0. The lowest BCUT2D eigenvalue weighted by molar-refractivity contribution is -0.384. The Morgan fingerprint density at radius 1 is 0.762 bits per heavy atom. The maximum atomic E-state index is 13.4. The Balaban J connectivity index is 1.67. The lowest BCUT2D eigenvalue weighted by atomic mass is 9.93. The van der Waals surface area contributed by atoms with Crippen LogP contribution in [0.4, 0.5) is 18.9 Å². The zero-order valence-electron chi connectivity index (χ0n) is 21.7. The van der Waals surface area contributed by atoms with Crippen molar-refractivity contribution in [2.24, 2.45) is 0 Å². The molecule has 204 valence electrons. The molecule has 0 bridgehead atoms. The quantitative estimate of drug-likeness (QED) is 0.156. The molecule has 0 saturated carbocycles. The van der Waals surface area contributed by atoms with Crippen molar-refractivity contribution < 1.29 is 18.1 Å². The van der Waals surface area contributed by atoms with Gasteiger partial charge in [-0.2, -0.15) is 23.5 Å². The Morgan fingerprint density at radius 2 is 1.38 bits per heavy atom. The summed E-state index contributed by atoms with van der Waals surface area (Å²) < 4.78 is 41.8. The van der Waals surface area contributed by atoms with E-state index in [-0.39, 0.29) is 5.69 Å². The molecule has 5 aromatic carbocycles. The Bertz CT molecular complexity index is 1990. The molecule has 6 nitrogen and oxygen atoms in total. The average molecular weight is 561 g/mol. The second-order valence-electron chi connectivity index (χ2n) is 9.58. The third-order valence-electron chi connectivity index (χ3n) is 7.00. The van der Waals surface area contributed by atoms with Crippen LogP contribution in [0.3, 0.4) is 0 Å². The van der Waals surface area contributed by atoms with Crippen molar-refractivity contribution in [3.8, 4) is 45.4 Å². The van der Waals surface area contributed by atoms with Gasteiger partial charge >= 0.3 is 6.18 Å². The normalized spacial score (nSPS) is 11.4. The van der Waals surface area contributed by atoms with E-state index in [0.717, 1.165) is 28.5 Å². The minimum absolute atomic E-state index is 0.0939. The molecule has 0 spiro atoms. The number of alkyl halides is 3. The highest BCUT2D eigenvalue weighted by Gasteiger charge is 2.31. The molecule has 0 aliphatic rings. The number of nitrogens with zero attached hydrogens (tertiary/aromatic N) is 4. The fraction of sp³-hybridized carbons (Fsp3) is 0.0303. The predicted octanol–water partition coefficient (Wildman–Crippen LogP) is 8.83. The molecule has 0 fully saturated rings. The lowest BCUT2D eigenvalue weighted by Gasteiger charge is -2.12. The number of rotatable bonds is 5. The van der Waals surface area contributed by atoms with E-state index < -0.39 is 16.7 Å². The van der Waals surface area contributed by atoms with Crippen LogP contribution in [0.25, 0.3) is 50.1 Å². The van der Waals surface area contributed by atoms with Crippen molar-refractivity contribution in [2.75, 3.05) is 0 Å². The molecule has 0 N–H and O–H groups in total. The molecule has 9 heteroatoms. The van der Waals surface area contributed by atoms with Gasteiger partial charge in [0.05, 0.1) is 33.5 Å². The number of fused-ring (bicyclic) bond motifs is 1. The molecule has 0 radical (unpaired) electrons. The number of hydrogen-bond donors (Lipinski definition) is 0. The van der Waals surface area contributed by atoms with Crippen molar-refractivity contribution in [2.45, 2.75) is 6.18 Å². The highest BCUT2D eigenvalue weighted by atomic mass is 19.4. The van der Waals surface area contributed by atoms with Crippen LogP contribution >= 0.6 is 0 Å². The number of non-ortho nitro benzene ring substituents is 1. The first-order chi connectivity index (χ1) is 20.2. The maximum Gasteiger partial charge on any atom is 0.416 e. The Labute approximate surface area is 237 Å². The molecule has 42 heavy (non-hydrogen) atoms. The first-order valence-electron chi connectivity index (χ1n) is 12.8. The van der Waals surface area contributed by atoms with Gasteiger partial charge in [0.1, 0.15) is 5.69 Å². The predicted molar refractivity (Wildman–Crippen MR) is 154 cm³/mol. The first kappa shape index (κ1) is 26.5. The van der Waals surface area contributed by atoms with E-state index in [0.29, 0.717) is 39.3 Å². The second-order valence-corrected chi connectivity index (χ2v) is 9.58. The van der Waals surface area contributed by atoms with Gasteiger partial charge in [-0.1, -0.05) is 60.7 Å². The third kappa shape index (κ3) is 4.86. The van der Waals surface area contributed by atoms with Gasteiger partial charge in [0.15, 0.2) is 0 Å². The van der Waals surface area contributed by atoms with Gasteiger partial charge in [0.2, 0.25) is 0 Å². The summed E-state index contributed by atoms with van der Waals surface area (Å²) in [5.41, 5.74) is 3.72. The minimum atomic E-state index is -4.49. The summed E-state index contributed by atoms with van der Waals surface area (Å²) in [6, 6.07) is 33.4. The smallest absolute Gasteiger partial charge is 0.258 e. The van der Waals surface area contributed by atoms with Crippen LogP contribution in [0.5, 0.6) is 0 Å². The molecular formula is C33H19F3N4O2. The number of nitriles is 1. The monoisotopic (exact) mass is 560 g/mol.